The molecule has 150 valence electrons. The molecule has 1 aromatic rings. The molecule has 0 saturated carbocycles. The maximum absolute atomic E-state index is 12.3. The molecule has 1 saturated heterocycles. The van der Waals surface area contributed by atoms with Gasteiger partial charge in [0.05, 0.1) is 11.5 Å². The Morgan fingerprint density at radius 1 is 1.25 bits per heavy atom. The number of rotatable bonds is 5. The smallest absolute Gasteiger partial charge is 0.409 e. The minimum atomic E-state index is -4.32. The molecule has 0 unspecified atom stereocenters. The first kappa shape index (κ1) is 21.2. The zero-order chi connectivity index (χ0) is 20.7. The number of hydrogen-bond donors (Lipinski definition) is 2. The summed E-state index contributed by atoms with van der Waals surface area (Å²) in [7, 11) is -4.32. The number of carbonyl (C=O) groups is 2. The maximum atomic E-state index is 12.3. The van der Waals surface area contributed by atoms with Gasteiger partial charge in [-0.1, -0.05) is 0 Å². The highest BCUT2D eigenvalue weighted by atomic mass is 32.2. The molecule has 2 N–H and O–H groups in total. The van der Waals surface area contributed by atoms with Crippen molar-refractivity contribution in [2.24, 2.45) is 0 Å². The van der Waals surface area contributed by atoms with Gasteiger partial charge in [0.2, 0.25) is 0 Å². The number of carbonyl (C=O) groups excluding carboxylic acids is 2. The Bertz CT molecular complexity index is 897. The van der Waals surface area contributed by atoms with E-state index >= 15 is 0 Å². The van der Waals surface area contributed by atoms with Gasteiger partial charge in [-0.3, -0.25) is 9.35 Å². The molecule has 0 radical (unpaired) electrons. The van der Waals surface area contributed by atoms with Crippen molar-refractivity contribution < 1.29 is 27.3 Å². The standard InChI is InChI=1S/C17H20N4O6S/c1-2-27-17(23)21-9-7-20(8-10-21)12-13(11-18)16(22)19-14-3-5-15(6-4-14)28(24,25)26/h3-6,12H,2,7-10H2,1H3,(H,19,22)(H,24,25,26)/b13-12-. The van der Waals surface area contributed by atoms with Crippen LogP contribution in [0.2, 0.25) is 0 Å². The number of ether oxygens (including phenoxy) is 1. The van der Waals surface area contributed by atoms with Crippen molar-refractivity contribution in [2.45, 2.75) is 11.8 Å². The van der Waals surface area contributed by atoms with Gasteiger partial charge in [-0.05, 0) is 31.2 Å². The van der Waals surface area contributed by atoms with E-state index in [4.69, 9.17) is 9.29 Å². The molecule has 1 heterocycles. The van der Waals surface area contributed by atoms with E-state index in [1.165, 1.54) is 18.3 Å². The van der Waals surface area contributed by atoms with Gasteiger partial charge in [-0.15, -0.1) is 0 Å². The summed E-state index contributed by atoms with van der Waals surface area (Å²) in [5, 5.41) is 11.8. The summed E-state index contributed by atoms with van der Waals surface area (Å²) in [5.74, 6) is -0.657. The number of nitrogens with one attached hydrogen (secondary N) is 1. The Morgan fingerprint density at radius 2 is 1.86 bits per heavy atom. The molecular weight excluding hydrogens is 388 g/mol. The van der Waals surface area contributed by atoms with Gasteiger partial charge < -0.3 is 19.9 Å². The maximum Gasteiger partial charge on any atom is 0.409 e. The largest absolute Gasteiger partial charge is 0.450 e. The highest BCUT2D eigenvalue weighted by Gasteiger charge is 2.21. The fourth-order valence-corrected chi connectivity index (χ4v) is 2.96. The minimum absolute atomic E-state index is 0.136. The molecule has 2 amide bonds. The highest BCUT2D eigenvalue weighted by Crippen LogP contribution is 2.15. The second kappa shape index (κ2) is 9.20. The molecule has 0 atom stereocenters. The van der Waals surface area contributed by atoms with Crippen LogP contribution in [0.15, 0.2) is 40.9 Å². The van der Waals surface area contributed by atoms with Gasteiger partial charge >= 0.3 is 6.09 Å². The molecule has 0 spiro atoms. The molecule has 28 heavy (non-hydrogen) atoms. The molecule has 2 rings (SSSR count). The third-order valence-electron chi connectivity index (χ3n) is 3.93. The Hall–Kier alpha value is -3.10. The second-order valence-corrected chi connectivity index (χ2v) is 7.25. The van der Waals surface area contributed by atoms with Gasteiger partial charge in [0.1, 0.15) is 11.6 Å². The molecule has 11 heteroatoms. The van der Waals surface area contributed by atoms with E-state index < -0.39 is 22.1 Å². The molecule has 1 fully saturated rings. The van der Waals surface area contributed by atoms with Crippen molar-refractivity contribution in [3.63, 3.8) is 0 Å². The van der Waals surface area contributed by atoms with E-state index in [-0.39, 0.29) is 16.2 Å². The average Bonchev–Trinajstić information content (AvgIpc) is 2.66. The lowest BCUT2D eigenvalue weighted by molar-refractivity contribution is -0.112. The lowest BCUT2D eigenvalue weighted by atomic mass is 10.2. The van der Waals surface area contributed by atoms with Crippen LogP contribution in [-0.2, 0) is 19.6 Å². The van der Waals surface area contributed by atoms with Crippen LogP contribution in [0.25, 0.3) is 0 Å². The van der Waals surface area contributed by atoms with Crippen molar-refractivity contribution >= 4 is 27.8 Å². The van der Waals surface area contributed by atoms with Crippen LogP contribution in [-0.4, -0.2) is 67.6 Å². The Morgan fingerprint density at radius 3 is 2.36 bits per heavy atom. The number of nitrogens with zero attached hydrogens (tertiary/aromatic N) is 3. The van der Waals surface area contributed by atoms with E-state index in [1.54, 1.807) is 16.7 Å². The van der Waals surface area contributed by atoms with Gasteiger partial charge in [-0.25, -0.2) is 4.79 Å². The van der Waals surface area contributed by atoms with Gasteiger partial charge in [0.15, 0.2) is 0 Å². The normalized spacial score (nSPS) is 15.0. The van der Waals surface area contributed by atoms with Crippen LogP contribution in [0.3, 0.4) is 0 Å². The molecular formula is C17H20N4O6S. The molecule has 0 aliphatic carbocycles. The molecule has 1 aromatic carbocycles. The summed E-state index contributed by atoms with van der Waals surface area (Å²) < 4.78 is 35.9. The van der Waals surface area contributed by atoms with Crippen LogP contribution in [0.5, 0.6) is 0 Å². The second-order valence-electron chi connectivity index (χ2n) is 5.83. The Kier molecular flexibility index (Phi) is 6.97. The molecule has 0 aromatic heterocycles. The topological polar surface area (TPSA) is 140 Å². The fraction of sp³-hybridized carbons (Fsp3) is 0.353. The van der Waals surface area contributed by atoms with Crippen molar-refractivity contribution in [1.82, 2.24) is 9.80 Å². The number of nitriles is 1. The van der Waals surface area contributed by atoms with Crippen molar-refractivity contribution in [1.29, 1.82) is 5.26 Å². The predicted molar refractivity (Wildman–Crippen MR) is 98.8 cm³/mol. The number of piperazine rings is 1. The van der Waals surface area contributed by atoms with Gasteiger partial charge in [-0.2, -0.15) is 13.7 Å². The first-order valence-corrected chi connectivity index (χ1v) is 9.85. The Balaban J connectivity index is 1.98. The number of amides is 2. The summed E-state index contributed by atoms with van der Waals surface area (Å²) in [6, 6.07) is 6.69. The minimum Gasteiger partial charge on any atom is -0.450 e. The fourth-order valence-electron chi connectivity index (χ4n) is 2.48. The SMILES string of the molecule is CCOC(=O)N1CCN(/C=C(/C#N)C(=O)Nc2ccc(S(=O)(=O)O)cc2)CC1. The predicted octanol–water partition coefficient (Wildman–Crippen LogP) is 1.05. The van der Waals surface area contributed by atoms with Crippen LogP contribution in [0.1, 0.15) is 6.92 Å². The summed E-state index contributed by atoms with van der Waals surface area (Å²) >= 11 is 0. The van der Waals surface area contributed by atoms with E-state index in [0.717, 1.165) is 12.1 Å². The van der Waals surface area contributed by atoms with E-state index in [2.05, 4.69) is 5.32 Å². The molecule has 1 aliphatic heterocycles. The monoisotopic (exact) mass is 408 g/mol. The summed E-state index contributed by atoms with van der Waals surface area (Å²) in [6.45, 7) is 3.73. The lowest BCUT2D eigenvalue weighted by Gasteiger charge is -2.33. The quantitative estimate of drug-likeness (QED) is 0.419. The van der Waals surface area contributed by atoms with Gasteiger partial charge in [0.25, 0.3) is 16.0 Å². The third kappa shape index (κ3) is 5.70. The van der Waals surface area contributed by atoms with E-state index in [1.807, 2.05) is 6.07 Å². The van der Waals surface area contributed by atoms with Crippen LogP contribution in [0, 0.1) is 11.3 Å². The number of benzene rings is 1. The molecule has 1 aliphatic rings. The number of hydrogen-bond acceptors (Lipinski definition) is 7. The van der Waals surface area contributed by atoms with Crippen molar-refractivity contribution in [3.8, 4) is 6.07 Å². The third-order valence-corrected chi connectivity index (χ3v) is 4.79. The average molecular weight is 408 g/mol. The Labute approximate surface area is 162 Å². The van der Waals surface area contributed by atoms with Gasteiger partial charge in [0, 0.05) is 38.1 Å². The van der Waals surface area contributed by atoms with Crippen molar-refractivity contribution in [2.75, 3.05) is 38.1 Å². The van der Waals surface area contributed by atoms with E-state index in [9.17, 15) is 23.3 Å². The van der Waals surface area contributed by atoms with E-state index in [0.29, 0.717) is 32.8 Å². The van der Waals surface area contributed by atoms with Crippen LogP contribution >= 0.6 is 0 Å². The van der Waals surface area contributed by atoms with Crippen molar-refractivity contribution in [3.05, 3.63) is 36.0 Å². The summed E-state index contributed by atoms with van der Waals surface area (Å²) in [6.07, 6.45) is 1.03. The molecule has 0 bridgehead atoms. The summed E-state index contributed by atoms with van der Waals surface area (Å²) in [4.78, 5) is 27.0. The lowest BCUT2D eigenvalue weighted by Crippen LogP contribution is -2.47. The highest BCUT2D eigenvalue weighted by molar-refractivity contribution is 7.85. The number of anilines is 1. The zero-order valence-corrected chi connectivity index (χ0v) is 16.0. The molecule has 10 nitrogen and oxygen atoms in total. The van der Waals surface area contributed by atoms with Crippen LogP contribution < -0.4 is 5.32 Å². The summed E-state index contributed by atoms with van der Waals surface area (Å²) in [5.41, 5.74) is 0.133. The first-order chi connectivity index (χ1) is 13.2. The zero-order valence-electron chi connectivity index (χ0n) is 15.2. The van der Waals surface area contributed by atoms with Crippen LogP contribution in [0.4, 0.5) is 10.5 Å². The first-order valence-electron chi connectivity index (χ1n) is 8.41.